The van der Waals surface area contributed by atoms with E-state index in [1.54, 1.807) is 12.4 Å². The first kappa shape index (κ1) is 15.0. The van der Waals surface area contributed by atoms with Gasteiger partial charge in [0.15, 0.2) is 11.7 Å². The number of benzene rings is 1. The molecule has 0 aliphatic rings. The molecule has 116 valence electrons. The molecule has 0 saturated heterocycles. The molecule has 5 nitrogen and oxygen atoms in total. The van der Waals surface area contributed by atoms with Crippen LogP contribution in [0.3, 0.4) is 0 Å². The van der Waals surface area contributed by atoms with Crippen molar-refractivity contribution >= 4 is 11.7 Å². The Hall–Kier alpha value is -2.95. The average Bonchev–Trinajstić information content (AvgIpc) is 3.03. The fourth-order valence-electron chi connectivity index (χ4n) is 2.19. The van der Waals surface area contributed by atoms with Gasteiger partial charge in [0.2, 0.25) is 5.91 Å². The van der Waals surface area contributed by atoms with Crippen LogP contribution in [0.15, 0.2) is 59.3 Å². The molecule has 0 unspecified atom stereocenters. The lowest BCUT2D eigenvalue weighted by Crippen LogP contribution is -2.13. The third-order valence-corrected chi connectivity index (χ3v) is 3.36. The quantitative estimate of drug-likeness (QED) is 0.781. The van der Waals surface area contributed by atoms with Crippen LogP contribution in [0.4, 0.5) is 5.82 Å². The number of hydrogen-bond donors (Lipinski definition) is 1. The summed E-state index contributed by atoms with van der Waals surface area (Å²) in [5.41, 5.74) is 2.02. The zero-order valence-corrected chi connectivity index (χ0v) is 12.8. The summed E-state index contributed by atoms with van der Waals surface area (Å²) in [6.45, 7) is 1.95. The van der Waals surface area contributed by atoms with Gasteiger partial charge in [-0.3, -0.25) is 4.79 Å². The monoisotopic (exact) mass is 307 g/mol. The van der Waals surface area contributed by atoms with Crippen LogP contribution in [-0.4, -0.2) is 15.9 Å². The number of oxazole rings is 1. The lowest BCUT2D eigenvalue weighted by atomic mass is 10.2. The lowest BCUT2D eigenvalue weighted by Gasteiger charge is -2.03. The molecule has 0 fully saturated rings. The molecule has 1 amide bonds. The Morgan fingerprint density at radius 1 is 1.17 bits per heavy atom. The van der Waals surface area contributed by atoms with Crippen molar-refractivity contribution in [2.45, 2.75) is 19.8 Å². The van der Waals surface area contributed by atoms with Crippen LogP contribution >= 0.6 is 0 Å². The van der Waals surface area contributed by atoms with E-state index in [0.29, 0.717) is 30.3 Å². The van der Waals surface area contributed by atoms with E-state index in [1.807, 2.05) is 49.4 Å². The van der Waals surface area contributed by atoms with Gasteiger partial charge < -0.3 is 9.73 Å². The van der Waals surface area contributed by atoms with Crippen LogP contribution in [0.5, 0.6) is 0 Å². The molecule has 0 bridgehead atoms. The Kier molecular flexibility index (Phi) is 4.47. The van der Waals surface area contributed by atoms with Crippen molar-refractivity contribution in [3.8, 4) is 11.3 Å². The fraction of sp³-hybridized carbons (Fsp3) is 0.167. The van der Waals surface area contributed by atoms with Gasteiger partial charge in [-0.15, -0.1) is 0 Å². The molecule has 0 aliphatic carbocycles. The molecule has 0 spiro atoms. The zero-order chi connectivity index (χ0) is 16.1. The van der Waals surface area contributed by atoms with Crippen molar-refractivity contribution in [3.63, 3.8) is 0 Å². The molecule has 3 aromatic rings. The molecule has 1 N–H and O–H groups in total. The second-order valence-electron chi connectivity index (χ2n) is 5.25. The van der Waals surface area contributed by atoms with Crippen LogP contribution in [0.2, 0.25) is 0 Å². The van der Waals surface area contributed by atoms with E-state index in [-0.39, 0.29) is 5.91 Å². The van der Waals surface area contributed by atoms with E-state index in [2.05, 4.69) is 15.3 Å². The largest absolute Gasteiger partial charge is 0.441 e. The van der Waals surface area contributed by atoms with E-state index < -0.39 is 0 Å². The highest BCUT2D eigenvalue weighted by Gasteiger charge is 2.09. The molecular weight excluding hydrogens is 290 g/mol. The number of amides is 1. The highest BCUT2D eigenvalue weighted by molar-refractivity contribution is 5.89. The SMILES string of the molecule is Cc1ccnc(NC(=O)CCc2ncc(-c3ccccc3)o2)c1. The molecule has 23 heavy (non-hydrogen) atoms. The number of pyridine rings is 1. The van der Waals surface area contributed by atoms with Crippen molar-refractivity contribution in [3.05, 3.63) is 66.3 Å². The van der Waals surface area contributed by atoms with E-state index >= 15 is 0 Å². The summed E-state index contributed by atoms with van der Waals surface area (Å²) in [5.74, 6) is 1.72. The lowest BCUT2D eigenvalue weighted by molar-refractivity contribution is -0.116. The first-order valence-corrected chi connectivity index (χ1v) is 7.43. The third kappa shape index (κ3) is 4.03. The maximum absolute atomic E-state index is 12.0. The van der Waals surface area contributed by atoms with Gasteiger partial charge in [0.25, 0.3) is 0 Å². The number of nitrogens with zero attached hydrogens (tertiary/aromatic N) is 2. The van der Waals surface area contributed by atoms with Gasteiger partial charge in [-0.25, -0.2) is 9.97 Å². The van der Waals surface area contributed by atoms with Gasteiger partial charge in [-0.1, -0.05) is 30.3 Å². The maximum atomic E-state index is 12.0. The Morgan fingerprint density at radius 2 is 2.00 bits per heavy atom. The van der Waals surface area contributed by atoms with Crippen LogP contribution in [0.25, 0.3) is 11.3 Å². The molecule has 3 rings (SSSR count). The summed E-state index contributed by atoms with van der Waals surface area (Å²) in [6.07, 6.45) is 4.10. The van der Waals surface area contributed by atoms with Gasteiger partial charge in [0.05, 0.1) is 6.20 Å². The Balaban J connectivity index is 1.56. The van der Waals surface area contributed by atoms with Crippen molar-refractivity contribution in [1.29, 1.82) is 0 Å². The number of carbonyl (C=O) groups is 1. The smallest absolute Gasteiger partial charge is 0.226 e. The molecule has 1 aromatic carbocycles. The molecule has 0 atom stereocenters. The Bertz CT molecular complexity index is 797. The van der Waals surface area contributed by atoms with E-state index in [1.165, 1.54) is 0 Å². The summed E-state index contributed by atoms with van der Waals surface area (Å²) >= 11 is 0. The molecule has 5 heteroatoms. The average molecular weight is 307 g/mol. The number of hydrogen-bond acceptors (Lipinski definition) is 4. The Morgan fingerprint density at radius 3 is 2.78 bits per heavy atom. The van der Waals surface area contributed by atoms with Crippen molar-refractivity contribution < 1.29 is 9.21 Å². The van der Waals surface area contributed by atoms with Crippen LogP contribution in [0.1, 0.15) is 17.9 Å². The van der Waals surface area contributed by atoms with Gasteiger partial charge in [0, 0.05) is 24.6 Å². The summed E-state index contributed by atoms with van der Waals surface area (Å²) < 4.78 is 5.68. The summed E-state index contributed by atoms with van der Waals surface area (Å²) in [7, 11) is 0. The number of carbonyl (C=O) groups excluding carboxylic acids is 1. The standard InChI is InChI=1S/C18H17N3O2/c1-13-9-10-19-16(11-13)21-17(22)7-8-18-20-12-15(23-18)14-5-3-2-4-6-14/h2-6,9-12H,7-8H2,1H3,(H,19,21,22). The number of rotatable bonds is 5. The molecule has 2 aromatic heterocycles. The normalized spacial score (nSPS) is 10.5. The van der Waals surface area contributed by atoms with Gasteiger partial charge in [-0.2, -0.15) is 0 Å². The molecular formula is C18H17N3O2. The predicted octanol–water partition coefficient (Wildman–Crippen LogP) is 3.62. The number of nitrogens with one attached hydrogen (secondary N) is 1. The fourth-order valence-corrected chi connectivity index (χ4v) is 2.19. The van der Waals surface area contributed by atoms with Gasteiger partial charge in [-0.05, 0) is 24.6 Å². The third-order valence-electron chi connectivity index (χ3n) is 3.36. The topological polar surface area (TPSA) is 68.0 Å². The zero-order valence-electron chi connectivity index (χ0n) is 12.8. The molecule has 0 aliphatic heterocycles. The summed E-state index contributed by atoms with van der Waals surface area (Å²) in [5, 5.41) is 2.77. The summed E-state index contributed by atoms with van der Waals surface area (Å²) in [4.78, 5) is 20.3. The number of anilines is 1. The first-order valence-electron chi connectivity index (χ1n) is 7.43. The van der Waals surface area contributed by atoms with E-state index in [0.717, 1.165) is 11.1 Å². The number of aryl methyl sites for hydroxylation is 2. The second kappa shape index (κ2) is 6.87. The highest BCUT2D eigenvalue weighted by atomic mass is 16.4. The molecule has 0 saturated carbocycles. The second-order valence-corrected chi connectivity index (χ2v) is 5.25. The Labute approximate surface area is 134 Å². The molecule has 2 heterocycles. The predicted molar refractivity (Wildman–Crippen MR) is 87.9 cm³/mol. The van der Waals surface area contributed by atoms with E-state index in [9.17, 15) is 4.79 Å². The van der Waals surface area contributed by atoms with Crippen molar-refractivity contribution in [1.82, 2.24) is 9.97 Å². The number of aromatic nitrogens is 2. The van der Waals surface area contributed by atoms with Crippen LogP contribution in [-0.2, 0) is 11.2 Å². The minimum Gasteiger partial charge on any atom is -0.441 e. The first-order chi connectivity index (χ1) is 11.2. The summed E-state index contributed by atoms with van der Waals surface area (Å²) in [6, 6.07) is 13.5. The van der Waals surface area contributed by atoms with Crippen LogP contribution in [0, 0.1) is 6.92 Å². The minimum atomic E-state index is -0.109. The maximum Gasteiger partial charge on any atom is 0.226 e. The molecule has 0 radical (unpaired) electrons. The van der Waals surface area contributed by atoms with Gasteiger partial charge >= 0.3 is 0 Å². The van der Waals surface area contributed by atoms with E-state index in [4.69, 9.17) is 4.42 Å². The van der Waals surface area contributed by atoms with Crippen molar-refractivity contribution in [2.75, 3.05) is 5.32 Å². The minimum absolute atomic E-state index is 0.109. The highest BCUT2D eigenvalue weighted by Crippen LogP contribution is 2.20. The van der Waals surface area contributed by atoms with Crippen molar-refractivity contribution in [2.24, 2.45) is 0 Å². The van der Waals surface area contributed by atoms with Gasteiger partial charge in [0.1, 0.15) is 5.82 Å². The van der Waals surface area contributed by atoms with Crippen LogP contribution < -0.4 is 5.32 Å².